The Morgan fingerprint density at radius 3 is 2.26 bits per heavy atom. The van der Waals surface area contributed by atoms with Gasteiger partial charge in [0.05, 0.1) is 18.6 Å². The molecule has 0 saturated carbocycles. The van der Waals surface area contributed by atoms with Crippen LogP contribution in [0.2, 0.25) is 0 Å². The van der Waals surface area contributed by atoms with Crippen LogP contribution in [0.25, 0.3) is 0 Å². The summed E-state index contributed by atoms with van der Waals surface area (Å²) in [6.45, 7) is 5.39. The molecule has 7 heteroatoms. The van der Waals surface area contributed by atoms with Crippen LogP contribution < -0.4 is 9.47 Å². The van der Waals surface area contributed by atoms with Crippen molar-refractivity contribution in [3.63, 3.8) is 0 Å². The molecule has 0 bridgehead atoms. The monoisotopic (exact) mass is 447 g/mol. The summed E-state index contributed by atoms with van der Waals surface area (Å²) < 4.78 is 34.9. The normalized spacial score (nSPS) is 19.0. The number of methoxy groups -OCH3 is 1. The third-order valence-electron chi connectivity index (χ3n) is 5.70. The Bertz CT molecular complexity index is 925. The average molecular weight is 448 g/mol. The van der Waals surface area contributed by atoms with Gasteiger partial charge in [0.25, 0.3) is 0 Å². The molecule has 6 nitrogen and oxygen atoms in total. The maximum atomic E-state index is 12.0. The molecule has 0 spiro atoms. The summed E-state index contributed by atoms with van der Waals surface area (Å²) in [5, 5.41) is 10.6. The zero-order chi connectivity index (χ0) is 22.4. The van der Waals surface area contributed by atoms with E-state index in [1.165, 1.54) is 5.56 Å². The minimum Gasteiger partial charge on any atom is -0.497 e. The number of aliphatic hydroxyl groups excluding tert-OH is 1. The van der Waals surface area contributed by atoms with E-state index in [0.717, 1.165) is 11.3 Å². The lowest BCUT2D eigenvalue weighted by Gasteiger charge is -2.30. The van der Waals surface area contributed by atoms with E-state index in [1.807, 2.05) is 0 Å². The summed E-state index contributed by atoms with van der Waals surface area (Å²) in [5.41, 5.74) is 2.38. The molecule has 0 amide bonds. The van der Waals surface area contributed by atoms with Crippen LogP contribution >= 0.6 is 0 Å². The fourth-order valence-electron chi connectivity index (χ4n) is 3.84. The highest BCUT2D eigenvalue weighted by Gasteiger charge is 2.33. The Balaban J connectivity index is 1.64. The predicted octanol–water partition coefficient (Wildman–Crippen LogP) is 3.25. The van der Waals surface area contributed by atoms with Crippen LogP contribution in [0.4, 0.5) is 0 Å². The van der Waals surface area contributed by atoms with Crippen molar-refractivity contribution in [1.29, 1.82) is 0 Å². The second kappa shape index (κ2) is 10.5. The van der Waals surface area contributed by atoms with Gasteiger partial charge in [0.2, 0.25) is 0 Å². The molecular weight excluding hydrogens is 414 g/mol. The highest BCUT2D eigenvalue weighted by Crippen LogP contribution is 2.22. The van der Waals surface area contributed by atoms with Crippen molar-refractivity contribution in [1.82, 2.24) is 4.90 Å². The van der Waals surface area contributed by atoms with Crippen LogP contribution in [0.15, 0.2) is 48.5 Å². The summed E-state index contributed by atoms with van der Waals surface area (Å²) in [6.07, 6.45) is -0.140. The van der Waals surface area contributed by atoms with Gasteiger partial charge in [-0.1, -0.05) is 38.1 Å². The molecule has 0 radical (unpaired) electrons. The van der Waals surface area contributed by atoms with Crippen molar-refractivity contribution in [2.45, 2.75) is 44.9 Å². The third kappa shape index (κ3) is 6.95. The molecule has 0 aromatic heterocycles. The van der Waals surface area contributed by atoms with Gasteiger partial charge >= 0.3 is 0 Å². The summed E-state index contributed by atoms with van der Waals surface area (Å²) in [5.74, 6) is 2.20. The smallest absolute Gasteiger partial charge is 0.151 e. The van der Waals surface area contributed by atoms with Gasteiger partial charge in [-0.3, -0.25) is 4.90 Å². The molecule has 31 heavy (non-hydrogen) atoms. The molecule has 170 valence electrons. The number of benzene rings is 2. The lowest BCUT2D eigenvalue weighted by molar-refractivity contribution is 0.0524. The molecule has 2 unspecified atom stereocenters. The van der Waals surface area contributed by atoms with Gasteiger partial charge in [0, 0.05) is 19.1 Å². The summed E-state index contributed by atoms with van der Waals surface area (Å²) >= 11 is 0. The molecule has 1 fully saturated rings. The summed E-state index contributed by atoms with van der Waals surface area (Å²) in [7, 11) is -1.41. The van der Waals surface area contributed by atoms with Gasteiger partial charge < -0.3 is 14.6 Å². The number of rotatable bonds is 10. The Kier molecular flexibility index (Phi) is 7.97. The second-order valence-corrected chi connectivity index (χ2v) is 10.8. The lowest BCUT2D eigenvalue weighted by atomic mass is 10.0. The van der Waals surface area contributed by atoms with Crippen LogP contribution in [0.3, 0.4) is 0 Å². The van der Waals surface area contributed by atoms with E-state index in [9.17, 15) is 13.5 Å². The van der Waals surface area contributed by atoms with E-state index in [0.29, 0.717) is 31.2 Å². The number of nitrogens with zero attached hydrogens (tertiary/aromatic N) is 1. The summed E-state index contributed by atoms with van der Waals surface area (Å²) in [6, 6.07) is 15.5. The van der Waals surface area contributed by atoms with Crippen molar-refractivity contribution in [3.05, 3.63) is 59.7 Å². The number of hydrogen-bond donors (Lipinski definition) is 1. The molecule has 1 aliphatic rings. The first-order valence-electron chi connectivity index (χ1n) is 10.7. The highest BCUT2D eigenvalue weighted by atomic mass is 32.2. The Morgan fingerprint density at radius 2 is 1.71 bits per heavy atom. The molecule has 1 N–H and O–H groups in total. The highest BCUT2D eigenvalue weighted by molar-refractivity contribution is 7.91. The third-order valence-corrected chi connectivity index (χ3v) is 7.45. The quantitative estimate of drug-likeness (QED) is 0.603. The molecule has 1 saturated heterocycles. The largest absolute Gasteiger partial charge is 0.497 e. The topological polar surface area (TPSA) is 76.1 Å². The first kappa shape index (κ1) is 23.6. The molecule has 1 heterocycles. The Morgan fingerprint density at radius 1 is 1.06 bits per heavy atom. The zero-order valence-electron chi connectivity index (χ0n) is 18.5. The zero-order valence-corrected chi connectivity index (χ0v) is 19.3. The second-order valence-electron chi connectivity index (χ2n) is 8.52. The SMILES string of the molecule is COc1ccc(OCC(O)CN(Cc2ccc(C(C)C)cc2)C2CCS(=O)(=O)C2)cc1. The maximum Gasteiger partial charge on any atom is 0.151 e. The van der Waals surface area contributed by atoms with Gasteiger partial charge in [-0.15, -0.1) is 0 Å². The number of aliphatic hydroxyl groups is 1. The Hall–Kier alpha value is -2.09. The van der Waals surface area contributed by atoms with Crippen LogP contribution in [0.1, 0.15) is 37.3 Å². The van der Waals surface area contributed by atoms with E-state index >= 15 is 0 Å². The van der Waals surface area contributed by atoms with Crippen molar-refractivity contribution >= 4 is 9.84 Å². The van der Waals surface area contributed by atoms with Crippen molar-refractivity contribution in [3.8, 4) is 11.5 Å². The average Bonchev–Trinajstić information content (AvgIpc) is 3.12. The van der Waals surface area contributed by atoms with Crippen LogP contribution in [0.5, 0.6) is 11.5 Å². The molecule has 0 aliphatic carbocycles. The van der Waals surface area contributed by atoms with Crippen molar-refractivity contribution in [2.75, 3.05) is 31.8 Å². The molecule has 3 rings (SSSR count). The van der Waals surface area contributed by atoms with Crippen LogP contribution in [-0.4, -0.2) is 62.3 Å². The van der Waals surface area contributed by atoms with E-state index in [4.69, 9.17) is 9.47 Å². The van der Waals surface area contributed by atoms with Crippen molar-refractivity contribution in [2.24, 2.45) is 0 Å². The van der Waals surface area contributed by atoms with Gasteiger partial charge in [-0.2, -0.15) is 0 Å². The van der Waals surface area contributed by atoms with Crippen LogP contribution in [0, 0.1) is 0 Å². The minimum absolute atomic E-state index is 0.0922. The molecule has 2 aromatic rings. The maximum absolute atomic E-state index is 12.0. The molecule has 2 atom stereocenters. The standard InChI is InChI=1S/C24H33NO5S/c1-18(2)20-6-4-19(5-7-20)14-25(21-12-13-31(27,28)17-21)15-22(26)16-30-24-10-8-23(29-3)9-11-24/h4-11,18,21-22,26H,12-17H2,1-3H3. The van der Waals surface area contributed by atoms with Gasteiger partial charge in [0.1, 0.15) is 24.2 Å². The van der Waals surface area contributed by atoms with Gasteiger partial charge in [-0.25, -0.2) is 8.42 Å². The predicted molar refractivity (Wildman–Crippen MR) is 122 cm³/mol. The number of sulfone groups is 1. The van der Waals surface area contributed by atoms with Gasteiger partial charge in [-0.05, 0) is 47.7 Å². The van der Waals surface area contributed by atoms with Crippen molar-refractivity contribution < 1.29 is 23.0 Å². The molecular formula is C24H33NO5S. The first-order chi connectivity index (χ1) is 14.8. The van der Waals surface area contributed by atoms with E-state index in [1.54, 1.807) is 31.4 Å². The molecule has 1 aliphatic heterocycles. The number of ether oxygens (including phenoxy) is 2. The fraction of sp³-hybridized carbons (Fsp3) is 0.500. The van der Waals surface area contributed by atoms with E-state index in [2.05, 4.69) is 43.0 Å². The summed E-state index contributed by atoms with van der Waals surface area (Å²) in [4.78, 5) is 2.08. The van der Waals surface area contributed by atoms with E-state index < -0.39 is 15.9 Å². The minimum atomic E-state index is -3.01. The molecule has 2 aromatic carbocycles. The van der Waals surface area contributed by atoms with Gasteiger partial charge in [0.15, 0.2) is 9.84 Å². The lowest BCUT2D eigenvalue weighted by Crippen LogP contribution is -2.42. The van der Waals surface area contributed by atoms with Crippen LogP contribution in [-0.2, 0) is 16.4 Å². The number of hydrogen-bond acceptors (Lipinski definition) is 6. The Labute approximate surface area is 185 Å². The van der Waals surface area contributed by atoms with E-state index in [-0.39, 0.29) is 24.2 Å². The fourth-order valence-corrected chi connectivity index (χ4v) is 5.60. The first-order valence-corrected chi connectivity index (χ1v) is 12.6.